The lowest BCUT2D eigenvalue weighted by Gasteiger charge is -2.30. The van der Waals surface area contributed by atoms with Crippen molar-refractivity contribution in [1.29, 1.82) is 0 Å². The minimum Gasteiger partial charge on any atom is -0.398 e. The number of nitrogen functional groups attached to an aromatic ring is 1. The number of pyridine rings is 1. The summed E-state index contributed by atoms with van der Waals surface area (Å²) in [6, 6.07) is 1.96. The number of likely N-dealkylation sites (N-methyl/N-ethyl adjacent to an activating group) is 1. The Labute approximate surface area is 100.0 Å². The van der Waals surface area contributed by atoms with Gasteiger partial charge in [-0.3, -0.25) is 4.98 Å². The zero-order valence-corrected chi connectivity index (χ0v) is 10.2. The first-order valence-corrected chi connectivity index (χ1v) is 6.54. The van der Waals surface area contributed by atoms with Crippen LogP contribution in [0.3, 0.4) is 0 Å². The molecule has 5 heteroatoms. The number of aromatic nitrogens is 1. The monoisotopic (exact) mass is 239 g/mol. The SMILES string of the molecule is CNC(c1cnccc1N)C1CSCCO1. The van der Waals surface area contributed by atoms with Gasteiger partial charge in [0.25, 0.3) is 0 Å². The van der Waals surface area contributed by atoms with E-state index in [0.29, 0.717) is 0 Å². The number of ether oxygens (including phenoxy) is 1. The lowest BCUT2D eigenvalue weighted by Crippen LogP contribution is -2.37. The van der Waals surface area contributed by atoms with Gasteiger partial charge < -0.3 is 15.8 Å². The summed E-state index contributed by atoms with van der Waals surface area (Å²) >= 11 is 1.92. The third-order valence-electron chi connectivity index (χ3n) is 2.75. The summed E-state index contributed by atoms with van der Waals surface area (Å²) in [5.74, 6) is 2.08. The lowest BCUT2D eigenvalue weighted by atomic mass is 10.0. The van der Waals surface area contributed by atoms with Gasteiger partial charge in [0.05, 0.1) is 18.8 Å². The molecule has 0 amide bonds. The Hall–Kier alpha value is -0.780. The molecule has 0 aromatic carbocycles. The van der Waals surface area contributed by atoms with Gasteiger partial charge in [-0.2, -0.15) is 11.8 Å². The summed E-state index contributed by atoms with van der Waals surface area (Å²) in [4.78, 5) is 4.13. The fourth-order valence-electron chi connectivity index (χ4n) is 1.92. The minimum absolute atomic E-state index is 0.126. The highest BCUT2D eigenvalue weighted by Gasteiger charge is 2.26. The summed E-state index contributed by atoms with van der Waals surface area (Å²) in [6.07, 6.45) is 3.71. The molecular weight excluding hydrogens is 222 g/mol. The summed E-state index contributed by atoms with van der Waals surface area (Å²) in [5, 5.41) is 3.27. The number of nitrogens with zero attached hydrogens (tertiary/aromatic N) is 1. The van der Waals surface area contributed by atoms with Gasteiger partial charge in [-0.25, -0.2) is 0 Å². The number of thioether (sulfide) groups is 1. The van der Waals surface area contributed by atoms with Crippen LogP contribution >= 0.6 is 11.8 Å². The van der Waals surface area contributed by atoms with Gasteiger partial charge in [0.2, 0.25) is 0 Å². The van der Waals surface area contributed by atoms with E-state index < -0.39 is 0 Å². The molecular formula is C11H17N3OS. The van der Waals surface area contributed by atoms with Gasteiger partial charge in [0, 0.05) is 35.2 Å². The maximum atomic E-state index is 5.96. The van der Waals surface area contributed by atoms with E-state index in [-0.39, 0.29) is 12.1 Å². The molecule has 16 heavy (non-hydrogen) atoms. The van der Waals surface area contributed by atoms with Crippen LogP contribution in [-0.4, -0.2) is 36.2 Å². The number of hydrogen-bond acceptors (Lipinski definition) is 5. The first kappa shape index (κ1) is 11.7. The summed E-state index contributed by atoms with van der Waals surface area (Å²) < 4.78 is 5.77. The Bertz CT molecular complexity index is 342. The van der Waals surface area contributed by atoms with E-state index in [1.165, 1.54) is 0 Å². The van der Waals surface area contributed by atoms with Crippen LogP contribution in [0.15, 0.2) is 18.5 Å². The largest absolute Gasteiger partial charge is 0.398 e. The van der Waals surface area contributed by atoms with Crippen molar-refractivity contribution in [2.75, 3.05) is 30.9 Å². The van der Waals surface area contributed by atoms with Crippen LogP contribution in [0.2, 0.25) is 0 Å². The van der Waals surface area contributed by atoms with E-state index in [0.717, 1.165) is 29.4 Å². The van der Waals surface area contributed by atoms with Crippen molar-refractivity contribution in [3.63, 3.8) is 0 Å². The average molecular weight is 239 g/mol. The lowest BCUT2D eigenvalue weighted by molar-refractivity contribution is 0.0489. The Morgan fingerprint density at radius 1 is 1.69 bits per heavy atom. The quantitative estimate of drug-likeness (QED) is 0.826. The van der Waals surface area contributed by atoms with Crippen molar-refractivity contribution >= 4 is 17.4 Å². The molecule has 1 aliphatic heterocycles. The van der Waals surface area contributed by atoms with Gasteiger partial charge in [0.1, 0.15) is 0 Å². The number of rotatable bonds is 3. The molecule has 2 unspecified atom stereocenters. The van der Waals surface area contributed by atoms with Crippen LogP contribution in [0.25, 0.3) is 0 Å². The van der Waals surface area contributed by atoms with E-state index in [1.54, 1.807) is 6.20 Å². The second-order valence-corrected chi connectivity index (χ2v) is 4.90. The highest BCUT2D eigenvalue weighted by molar-refractivity contribution is 7.99. The minimum atomic E-state index is 0.126. The molecule has 2 heterocycles. The Morgan fingerprint density at radius 3 is 3.19 bits per heavy atom. The van der Waals surface area contributed by atoms with E-state index >= 15 is 0 Å². The van der Waals surface area contributed by atoms with Crippen molar-refractivity contribution in [3.05, 3.63) is 24.0 Å². The molecule has 0 radical (unpaired) electrons. The molecule has 1 aliphatic rings. The second kappa shape index (κ2) is 5.52. The molecule has 88 valence electrons. The number of nitrogens with two attached hydrogens (primary N) is 1. The number of nitrogens with one attached hydrogen (secondary N) is 1. The fraction of sp³-hybridized carbons (Fsp3) is 0.545. The first-order valence-electron chi connectivity index (χ1n) is 5.39. The molecule has 2 atom stereocenters. The molecule has 2 rings (SSSR count). The standard InChI is InChI=1S/C11H17N3OS/c1-13-11(10-7-16-5-4-15-10)8-6-14-3-2-9(8)12/h2-3,6,10-11,13H,4-5,7H2,1H3,(H2,12,14). The van der Waals surface area contributed by atoms with Crippen LogP contribution in [0.1, 0.15) is 11.6 Å². The third-order valence-corrected chi connectivity index (χ3v) is 3.77. The summed E-state index contributed by atoms with van der Waals surface area (Å²) in [6.45, 7) is 0.813. The van der Waals surface area contributed by atoms with Crippen LogP contribution in [0.4, 0.5) is 5.69 Å². The molecule has 0 bridgehead atoms. The maximum absolute atomic E-state index is 5.96. The third kappa shape index (κ3) is 2.48. The topological polar surface area (TPSA) is 60.2 Å². The zero-order chi connectivity index (χ0) is 11.4. The zero-order valence-electron chi connectivity index (χ0n) is 9.35. The van der Waals surface area contributed by atoms with Gasteiger partial charge in [0.15, 0.2) is 0 Å². The molecule has 0 spiro atoms. The Morgan fingerprint density at radius 2 is 2.56 bits per heavy atom. The van der Waals surface area contributed by atoms with E-state index in [4.69, 9.17) is 10.5 Å². The van der Waals surface area contributed by atoms with Crippen molar-refractivity contribution in [2.24, 2.45) is 0 Å². The molecule has 0 saturated carbocycles. The summed E-state index contributed by atoms with van der Waals surface area (Å²) in [5.41, 5.74) is 7.76. The highest BCUT2D eigenvalue weighted by Crippen LogP contribution is 2.27. The van der Waals surface area contributed by atoms with Gasteiger partial charge >= 0.3 is 0 Å². The van der Waals surface area contributed by atoms with Crippen LogP contribution in [-0.2, 0) is 4.74 Å². The normalized spacial score (nSPS) is 22.9. The van der Waals surface area contributed by atoms with Crippen LogP contribution < -0.4 is 11.1 Å². The molecule has 4 nitrogen and oxygen atoms in total. The summed E-state index contributed by atoms with van der Waals surface area (Å²) in [7, 11) is 1.93. The van der Waals surface area contributed by atoms with Gasteiger partial charge in [-0.1, -0.05) is 0 Å². The maximum Gasteiger partial charge on any atom is 0.0861 e. The second-order valence-electron chi connectivity index (χ2n) is 3.76. The number of anilines is 1. The van der Waals surface area contributed by atoms with Crippen molar-refractivity contribution in [2.45, 2.75) is 12.1 Å². The van der Waals surface area contributed by atoms with E-state index in [2.05, 4.69) is 10.3 Å². The van der Waals surface area contributed by atoms with Crippen molar-refractivity contribution in [3.8, 4) is 0 Å². The molecule has 1 aromatic heterocycles. The predicted molar refractivity (Wildman–Crippen MR) is 67.5 cm³/mol. The Balaban J connectivity index is 2.18. The fourth-order valence-corrected chi connectivity index (χ4v) is 2.82. The van der Waals surface area contributed by atoms with Crippen molar-refractivity contribution in [1.82, 2.24) is 10.3 Å². The average Bonchev–Trinajstić information content (AvgIpc) is 2.34. The molecule has 1 saturated heterocycles. The molecule has 0 aliphatic carbocycles. The van der Waals surface area contributed by atoms with Gasteiger partial charge in [-0.15, -0.1) is 0 Å². The van der Waals surface area contributed by atoms with E-state index in [9.17, 15) is 0 Å². The molecule has 1 aromatic rings. The molecule has 1 fully saturated rings. The van der Waals surface area contributed by atoms with Crippen LogP contribution in [0.5, 0.6) is 0 Å². The molecule has 3 N–H and O–H groups in total. The number of hydrogen-bond donors (Lipinski definition) is 2. The predicted octanol–water partition coefficient (Wildman–Crippen LogP) is 1.06. The highest BCUT2D eigenvalue weighted by atomic mass is 32.2. The first-order chi connectivity index (χ1) is 7.83. The van der Waals surface area contributed by atoms with Crippen LogP contribution in [0, 0.1) is 0 Å². The smallest absolute Gasteiger partial charge is 0.0861 e. The Kier molecular flexibility index (Phi) is 4.04. The van der Waals surface area contributed by atoms with Gasteiger partial charge in [-0.05, 0) is 13.1 Å². The van der Waals surface area contributed by atoms with E-state index in [1.807, 2.05) is 31.1 Å². The van der Waals surface area contributed by atoms with Crippen molar-refractivity contribution < 1.29 is 4.74 Å².